The van der Waals surface area contributed by atoms with Crippen LogP contribution in [-0.4, -0.2) is 40.7 Å². The van der Waals surface area contributed by atoms with Crippen molar-refractivity contribution in [2.75, 3.05) is 0 Å². The normalized spacial score (nSPS) is 19.4. The number of hydrogen-bond donors (Lipinski definition) is 2. The number of benzene rings is 2. The molecule has 0 unspecified atom stereocenters. The molecule has 2 aromatic rings. The van der Waals surface area contributed by atoms with Gasteiger partial charge in [0.1, 0.15) is 6.04 Å². The minimum absolute atomic E-state index is 0.0168. The number of carbonyl (C=O) groups is 4. The Morgan fingerprint density at radius 3 is 2.47 bits per heavy atom. The summed E-state index contributed by atoms with van der Waals surface area (Å²) in [4.78, 5) is 50.1. The standard InChI is InChI=1S/C22H18F3N3O4/c23-22(24,25)18(12-4-2-1-3-5-12)27-19(30)13-6-7-15-14(10-13)11-28(21(15)32)16-8-9-17(29)26-20(16)31/h1-7,10,16,18H,8-9,11H2,(H,27,30)(H,26,29,31)/t16-,18+/m0/s1. The second-order valence-corrected chi connectivity index (χ2v) is 7.63. The van der Waals surface area contributed by atoms with Gasteiger partial charge in [0.25, 0.3) is 11.8 Å². The third-order valence-electron chi connectivity index (χ3n) is 5.52. The summed E-state index contributed by atoms with van der Waals surface area (Å²) in [6, 6.07) is 8.01. The van der Waals surface area contributed by atoms with E-state index in [1.807, 2.05) is 5.32 Å². The van der Waals surface area contributed by atoms with Gasteiger partial charge in [-0.05, 0) is 35.7 Å². The van der Waals surface area contributed by atoms with Gasteiger partial charge in [0, 0.05) is 24.1 Å². The van der Waals surface area contributed by atoms with Crippen LogP contribution in [0.15, 0.2) is 48.5 Å². The van der Waals surface area contributed by atoms with Crippen LogP contribution in [0.4, 0.5) is 13.2 Å². The number of hydrogen-bond acceptors (Lipinski definition) is 4. The third-order valence-corrected chi connectivity index (χ3v) is 5.52. The van der Waals surface area contributed by atoms with Gasteiger partial charge in [-0.3, -0.25) is 24.5 Å². The highest BCUT2D eigenvalue weighted by Crippen LogP contribution is 2.33. The van der Waals surface area contributed by atoms with Crippen molar-refractivity contribution in [2.24, 2.45) is 0 Å². The highest BCUT2D eigenvalue weighted by atomic mass is 19.4. The van der Waals surface area contributed by atoms with Crippen LogP contribution in [0, 0.1) is 0 Å². The number of carbonyl (C=O) groups excluding carboxylic acids is 4. The van der Waals surface area contributed by atoms with Gasteiger partial charge in [0.05, 0.1) is 0 Å². The molecule has 2 aliphatic heterocycles. The summed E-state index contributed by atoms with van der Waals surface area (Å²) in [7, 11) is 0. The summed E-state index contributed by atoms with van der Waals surface area (Å²) < 4.78 is 40.6. The van der Waals surface area contributed by atoms with E-state index in [4.69, 9.17) is 0 Å². The molecule has 4 rings (SSSR count). The van der Waals surface area contributed by atoms with E-state index in [0.717, 1.165) is 0 Å². The molecule has 0 bridgehead atoms. The Morgan fingerprint density at radius 2 is 1.81 bits per heavy atom. The van der Waals surface area contributed by atoms with Crippen LogP contribution in [0.25, 0.3) is 0 Å². The SMILES string of the molecule is O=C1CC[C@H](N2Cc3cc(C(=O)N[C@H](c4ccccc4)C(F)(F)F)ccc3C2=O)C(=O)N1. The van der Waals surface area contributed by atoms with E-state index in [1.165, 1.54) is 47.4 Å². The molecular formula is C22H18F3N3O4. The van der Waals surface area contributed by atoms with E-state index in [2.05, 4.69) is 5.32 Å². The van der Waals surface area contributed by atoms with Crippen LogP contribution >= 0.6 is 0 Å². The van der Waals surface area contributed by atoms with Crippen molar-refractivity contribution in [3.05, 3.63) is 70.8 Å². The van der Waals surface area contributed by atoms with Gasteiger partial charge in [-0.2, -0.15) is 13.2 Å². The second-order valence-electron chi connectivity index (χ2n) is 7.63. The van der Waals surface area contributed by atoms with Crippen molar-refractivity contribution < 1.29 is 32.3 Å². The summed E-state index contributed by atoms with van der Waals surface area (Å²) >= 11 is 0. The van der Waals surface area contributed by atoms with E-state index in [1.54, 1.807) is 6.07 Å². The molecule has 10 heteroatoms. The first kappa shape index (κ1) is 21.5. The number of alkyl halides is 3. The number of imide groups is 1. The van der Waals surface area contributed by atoms with Crippen molar-refractivity contribution in [3.8, 4) is 0 Å². The predicted octanol–water partition coefficient (Wildman–Crippen LogP) is 2.48. The predicted molar refractivity (Wildman–Crippen MR) is 105 cm³/mol. The van der Waals surface area contributed by atoms with Gasteiger partial charge < -0.3 is 10.2 Å². The molecule has 0 spiro atoms. The number of piperidine rings is 1. The lowest BCUT2D eigenvalue weighted by Crippen LogP contribution is -2.52. The molecule has 1 saturated heterocycles. The molecule has 2 N–H and O–H groups in total. The Labute approximate surface area is 180 Å². The van der Waals surface area contributed by atoms with E-state index in [9.17, 15) is 32.3 Å². The molecule has 0 saturated carbocycles. The molecule has 1 fully saturated rings. The summed E-state index contributed by atoms with van der Waals surface area (Å²) in [5, 5.41) is 4.21. The van der Waals surface area contributed by atoms with Crippen molar-refractivity contribution >= 4 is 23.6 Å². The first-order valence-corrected chi connectivity index (χ1v) is 9.85. The maximum absolute atomic E-state index is 13.5. The average molecular weight is 445 g/mol. The molecule has 2 heterocycles. The van der Waals surface area contributed by atoms with Crippen molar-refractivity contribution in [1.82, 2.24) is 15.5 Å². The van der Waals surface area contributed by atoms with Crippen LogP contribution in [0.5, 0.6) is 0 Å². The van der Waals surface area contributed by atoms with Crippen LogP contribution < -0.4 is 10.6 Å². The van der Waals surface area contributed by atoms with E-state index in [-0.39, 0.29) is 36.1 Å². The monoisotopic (exact) mass is 445 g/mol. The molecule has 32 heavy (non-hydrogen) atoms. The quantitative estimate of drug-likeness (QED) is 0.707. The lowest BCUT2D eigenvalue weighted by atomic mass is 10.0. The fourth-order valence-electron chi connectivity index (χ4n) is 3.93. The van der Waals surface area contributed by atoms with Crippen LogP contribution in [0.1, 0.15) is 50.7 Å². The Kier molecular flexibility index (Phi) is 5.45. The topological polar surface area (TPSA) is 95.6 Å². The summed E-state index contributed by atoms with van der Waals surface area (Å²) in [5.41, 5.74) is 0.554. The Balaban J connectivity index is 1.54. The zero-order valence-electron chi connectivity index (χ0n) is 16.6. The van der Waals surface area contributed by atoms with Gasteiger partial charge in [-0.15, -0.1) is 0 Å². The first-order valence-electron chi connectivity index (χ1n) is 9.85. The smallest absolute Gasteiger partial charge is 0.337 e. The Bertz CT molecular complexity index is 1100. The zero-order chi connectivity index (χ0) is 23.0. The second kappa shape index (κ2) is 8.10. The number of rotatable bonds is 4. The van der Waals surface area contributed by atoms with Gasteiger partial charge in [0.2, 0.25) is 11.8 Å². The molecule has 0 aromatic heterocycles. The number of fused-ring (bicyclic) bond motifs is 1. The lowest BCUT2D eigenvalue weighted by Gasteiger charge is -2.29. The maximum Gasteiger partial charge on any atom is 0.412 e. The number of halogens is 3. The number of amides is 4. The lowest BCUT2D eigenvalue weighted by molar-refractivity contribution is -0.155. The highest BCUT2D eigenvalue weighted by molar-refractivity contribution is 6.06. The van der Waals surface area contributed by atoms with Crippen LogP contribution in [0.2, 0.25) is 0 Å². The van der Waals surface area contributed by atoms with Crippen LogP contribution in [-0.2, 0) is 16.1 Å². The van der Waals surface area contributed by atoms with Gasteiger partial charge in [0.15, 0.2) is 6.04 Å². The van der Waals surface area contributed by atoms with Crippen molar-refractivity contribution in [2.45, 2.75) is 37.6 Å². The van der Waals surface area contributed by atoms with Crippen molar-refractivity contribution in [1.29, 1.82) is 0 Å². The fourth-order valence-corrected chi connectivity index (χ4v) is 3.93. The van der Waals surface area contributed by atoms with Crippen LogP contribution in [0.3, 0.4) is 0 Å². The van der Waals surface area contributed by atoms with E-state index in [0.29, 0.717) is 5.56 Å². The molecule has 0 radical (unpaired) electrons. The van der Waals surface area contributed by atoms with Crippen molar-refractivity contribution in [3.63, 3.8) is 0 Å². The molecule has 2 atom stereocenters. The molecule has 7 nitrogen and oxygen atoms in total. The summed E-state index contributed by atoms with van der Waals surface area (Å²) in [5.74, 6) is -2.35. The Hall–Kier alpha value is -3.69. The molecule has 0 aliphatic carbocycles. The first-order chi connectivity index (χ1) is 15.1. The van der Waals surface area contributed by atoms with Gasteiger partial charge >= 0.3 is 6.18 Å². The minimum Gasteiger partial charge on any atom is -0.337 e. The zero-order valence-corrected chi connectivity index (χ0v) is 16.6. The highest BCUT2D eigenvalue weighted by Gasteiger charge is 2.42. The average Bonchev–Trinajstić information content (AvgIpc) is 3.07. The maximum atomic E-state index is 13.5. The van der Waals surface area contributed by atoms with E-state index < -0.39 is 41.9 Å². The minimum atomic E-state index is -4.70. The molecule has 4 amide bonds. The Morgan fingerprint density at radius 1 is 1.09 bits per heavy atom. The fraction of sp³-hybridized carbons (Fsp3) is 0.273. The summed E-state index contributed by atoms with van der Waals surface area (Å²) in [6.45, 7) is 0.0168. The summed E-state index contributed by atoms with van der Waals surface area (Å²) in [6.07, 6.45) is -4.42. The largest absolute Gasteiger partial charge is 0.412 e. The molecule has 166 valence electrons. The molecular weight excluding hydrogens is 427 g/mol. The van der Waals surface area contributed by atoms with Gasteiger partial charge in [-0.1, -0.05) is 30.3 Å². The van der Waals surface area contributed by atoms with E-state index >= 15 is 0 Å². The number of nitrogens with one attached hydrogen (secondary N) is 2. The third kappa shape index (κ3) is 4.08. The number of nitrogens with zero attached hydrogens (tertiary/aromatic N) is 1. The molecule has 2 aliphatic rings. The molecule has 2 aromatic carbocycles. The van der Waals surface area contributed by atoms with Gasteiger partial charge in [-0.25, -0.2) is 0 Å².